The predicted molar refractivity (Wildman–Crippen MR) is 110 cm³/mol. The van der Waals surface area contributed by atoms with Crippen LogP contribution in [-0.2, 0) is 23.8 Å². The van der Waals surface area contributed by atoms with Gasteiger partial charge in [-0.3, -0.25) is 9.78 Å². The Kier molecular flexibility index (Phi) is 7.48. The SMILES string of the molecule is CN(C[C@H]1CCCN(CCc2cccc(C(F)(F)F)c2)C1)C(=O)Cc1cccnc1. The number of piperidine rings is 1. The number of likely N-dealkylation sites (N-methyl/N-ethyl adjacent to an activating group) is 1. The molecule has 0 N–H and O–H groups in total. The Labute approximate surface area is 175 Å². The Morgan fingerprint density at radius 2 is 2.03 bits per heavy atom. The lowest BCUT2D eigenvalue weighted by molar-refractivity contribution is -0.137. The minimum atomic E-state index is -4.31. The van der Waals surface area contributed by atoms with Gasteiger partial charge in [0.05, 0.1) is 12.0 Å². The van der Waals surface area contributed by atoms with Gasteiger partial charge in [-0.15, -0.1) is 0 Å². The van der Waals surface area contributed by atoms with E-state index in [-0.39, 0.29) is 5.91 Å². The molecule has 0 spiro atoms. The van der Waals surface area contributed by atoms with E-state index >= 15 is 0 Å². The Morgan fingerprint density at radius 3 is 2.77 bits per heavy atom. The molecule has 0 unspecified atom stereocenters. The van der Waals surface area contributed by atoms with E-state index in [9.17, 15) is 18.0 Å². The number of benzene rings is 1. The van der Waals surface area contributed by atoms with Crippen LogP contribution in [-0.4, -0.2) is 53.9 Å². The summed E-state index contributed by atoms with van der Waals surface area (Å²) in [7, 11) is 1.83. The number of rotatable bonds is 7. The number of nitrogens with zero attached hydrogens (tertiary/aromatic N) is 3. The van der Waals surface area contributed by atoms with Crippen molar-refractivity contribution < 1.29 is 18.0 Å². The highest BCUT2D eigenvalue weighted by Crippen LogP contribution is 2.29. The number of pyridine rings is 1. The van der Waals surface area contributed by atoms with Gasteiger partial charge in [0.15, 0.2) is 0 Å². The van der Waals surface area contributed by atoms with Crippen LogP contribution in [0.5, 0.6) is 0 Å². The fourth-order valence-electron chi connectivity index (χ4n) is 4.00. The minimum Gasteiger partial charge on any atom is -0.345 e. The fraction of sp³-hybridized carbons (Fsp3) is 0.478. The molecular weight excluding hydrogens is 391 g/mol. The van der Waals surface area contributed by atoms with E-state index in [2.05, 4.69) is 9.88 Å². The van der Waals surface area contributed by atoms with Crippen molar-refractivity contribution in [3.63, 3.8) is 0 Å². The van der Waals surface area contributed by atoms with Gasteiger partial charge in [-0.2, -0.15) is 13.2 Å². The molecule has 1 aliphatic rings. The van der Waals surface area contributed by atoms with Gasteiger partial charge in [-0.1, -0.05) is 24.3 Å². The van der Waals surface area contributed by atoms with Crippen LogP contribution in [0.1, 0.15) is 29.5 Å². The molecular formula is C23H28F3N3O. The van der Waals surface area contributed by atoms with Crippen LogP contribution in [0.15, 0.2) is 48.8 Å². The summed E-state index contributed by atoms with van der Waals surface area (Å²) in [4.78, 5) is 20.6. The quantitative estimate of drug-likeness (QED) is 0.679. The third kappa shape index (κ3) is 6.55. The summed E-state index contributed by atoms with van der Waals surface area (Å²) in [6.07, 6.45) is 2.12. The molecule has 0 saturated carbocycles. The average Bonchev–Trinajstić information content (AvgIpc) is 2.73. The first-order valence-corrected chi connectivity index (χ1v) is 10.3. The van der Waals surface area contributed by atoms with Gasteiger partial charge in [-0.05, 0) is 55.0 Å². The number of likely N-dealkylation sites (tertiary alicyclic amines) is 1. The maximum absolute atomic E-state index is 12.9. The summed E-state index contributed by atoms with van der Waals surface area (Å²) in [6.45, 7) is 3.23. The molecule has 1 atom stereocenters. The Hall–Kier alpha value is -2.41. The molecule has 1 fully saturated rings. The summed E-state index contributed by atoms with van der Waals surface area (Å²) in [5, 5.41) is 0. The van der Waals surface area contributed by atoms with Crippen molar-refractivity contribution in [2.75, 3.05) is 33.2 Å². The number of alkyl halides is 3. The van der Waals surface area contributed by atoms with E-state index in [4.69, 9.17) is 0 Å². The highest BCUT2D eigenvalue weighted by Gasteiger charge is 2.30. The van der Waals surface area contributed by atoms with E-state index < -0.39 is 11.7 Å². The van der Waals surface area contributed by atoms with Gasteiger partial charge in [-0.25, -0.2) is 0 Å². The van der Waals surface area contributed by atoms with Crippen molar-refractivity contribution >= 4 is 5.91 Å². The normalized spacial score (nSPS) is 17.7. The third-order valence-electron chi connectivity index (χ3n) is 5.61. The number of hydrogen-bond acceptors (Lipinski definition) is 3. The molecule has 7 heteroatoms. The molecule has 2 heterocycles. The van der Waals surface area contributed by atoms with E-state index in [0.717, 1.165) is 44.1 Å². The number of amides is 1. The van der Waals surface area contributed by atoms with Gasteiger partial charge in [0.1, 0.15) is 0 Å². The molecule has 162 valence electrons. The van der Waals surface area contributed by atoms with Crippen LogP contribution in [0, 0.1) is 5.92 Å². The highest BCUT2D eigenvalue weighted by atomic mass is 19.4. The molecule has 0 bridgehead atoms. The lowest BCUT2D eigenvalue weighted by Gasteiger charge is -2.34. The van der Waals surface area contributed by atoms with Gasteiger partial charge in [0.2, 0.25) is 5.91 Å². The lowest BCUT2D eigenvalue weighted by Crippen LogP contribution is -2.42. The molecule has 1 amide bonds. The first-order valence-electron chi connectivity index (χ1n) is 10.3. The van der Waals surface area contributed by atoms with Crippen molar-refractivity contribution in [2.24, 2.45) is 5.92 Å². The highest BCUT2D eigenvalue weighted by molar-refractivity contribution is 5.78. The van der Waals surface area contributed by atoms with E-state index in [1.165, 1.54) is 12.1 Å². The van der Waals surface area contributed by atoms with Crippen LogP contribution < -0.4 is 0 Å². The number of carbonyl (C=O) groups is 1. The third-order valence-corrected chi connectivity index (χ3v) is 5.61. The first kappa shape index (κ1) is 22.3. The second-order valence-electron chi connectivity index (χ2n) is 8.07. The first-order chi connectivity index (χ1) is 14.3. The molecule has 30 heavy (non-hydrogen) atoms. The lowest BCUT2D eigenvalue weighted by atomic mass is 9.96. The molecule has 0 aliphatic carbocycles. The molecule has 1 aromatic heterocycles. The van der Waals surface area contributed by atoms with Gasteiger partial charge < -0.3 is 9.80 Å². The number of hydrogen-bond donors (Lipinski definition) is 0. The maximum Gasteiger partial charge on any atom is 0.416 e. The van der Waals surface area contributed by atoms with Crippen molar-refractivity contribution in [3.05, 3.63) is 65.5 Å². The van der Waals surface area contributed by atoms with Crippen LogP contribution >= 0.6 is 0 Å². The van der Waals surface area contributed by atoms with Crippen LogP contribution in [0.4, 0.5) is 13.2 Å². The largest absolute Gasteiger partial charge is 0.416 e. The molecule has 1 saturated heterocycles. The Balaban J connectivity index is 1.47. The Bertz CT molecular complexity index is 826. The zero-order valence-electron chi connectivity index (χ0n) is 17.2. The summed E-state index contributed by atoms with van der Waals surface area (Å²) in [5.74, 6) is 0.451. The number of aromatic nitrogens is 1. The molecule has 4 nitrogen and oxygen atoms in total. The van der Waals surface area contributed by atoms with E-state index in [1.54, 1.807) is 23.4 Å². The van der Waals surface area contributed by atoms with Gasteiger partial charge in [0.25, 0.3) is 0 Å². The summed E-state index contributed by atoms with van der Waals surface area (Å²) in [5.41, 5.74) is 1.02. The zero-order chi connectivity index (χ0) is 21.6. The molecule has 1 aromatic carbocycles. The van der Waals surface area contributed by atoms with Crippen molar-refractivity contribution in [2.45, 2.75) is 31.9 Å². The second-order valence-corrected chi connectivity index (χ2v) is 8.07. The van der Waals surface area contributed by atoms with Crippen molar-refractivity contribution in [1.82, 2.24) is 14.8 Å². The summed E-state index contributed by atoms with van der Waals surface area (Å²) in [6, 6.07) is 9.30. The zero-order valence-corrected chi connectivity index (χ0v) is 17.2. The molecule has 3 rings (SSSR count). The van der Waals surface area contributed by atoms with Gasteiger partial charge >= 0.3 is 6.18 Å². The van der Waals surface area contributed by atoms with Crippen LogP contribution in [0.25, 0.3) is 0 Å². The minimum absolute atomic E-state index is 0.0732. The van der Waals surface area contributed by atoms with Gasteiger partial charge in [0, 0.05) is 39.1 Å². The monoisotopic (exact) mass is 419 g/mol. The summed E-state index contributed by atoms with van der Waals surface area (Å²) < 4.78 is 38.7. The molecule has 1 aliphatic heterocycles. The maximum atomic E-state index is 12.9. The standard InChI is InChI=1S/C23H28F3N3O/c1-28(22(30)14-19-6-3-10-27-15-19)16-20-7-4-11-29(17-20)12-9-18-5-2-8-21(13-18)23(24,25)26/h2-3,5-6,8,10,13,15,20H,4,7,9,11-12,14,16-17H2,1H3/t20-/m1/s1. The second kappa shape index (κ2) is 10.1. The molecule has 2 aromatic rings. The molecule has 0 radical (unpaired) electrons. The number of carbonyl (C=O) groups excluding carboxylic acids is 1. The van der Waals surface area contributed by atoms with Crippen molar-refractivity contribution in [3.8, 4) is 0 Å². The van der Waals surface area contributed by atoms with E-state index in [1.807, 2.05) is 19.2 Å². The smallest absolute Gasteiger partial charge is 0.345 e. The Morgan fingerprint density at radius 1 is 1.23 bits per heavy atom. The van der Waals surface area contributed by atoms with Crippen molar-refractivity contribution in [1.29, 1.82) is 0 Å². The summed E-state index contributed by atoms with van der Waals surface area (Å²) >= 11 is 0. The number of halogens is 3. The van der Waals surface area contributed by atoms with E-state index in [0.29, 0.717) is 30.9 Å². The topological polar surface area (TPSA) is 36.4 Å². The fourth-order valence-corrected chi connectivity index (χ4v) is 4.00. The van der Waals surface area contributed by atoms with Crippen LogP contribution in [0.2, 0.25) is 0 Å². The average molecular weight is 419 g/mol. The predicted octanol–water partition coefficient (Wildman–Crippen LogP) is 4.06. The van der Waals surface area contributed by atoms with Crippen LogP contribution in [0.3, 0.4) is 0 Å².